The molecule has 0 fully saturated rings. The molecule has 3 heteroatoms. The minimum atomic E-state index is 0.109. The Hall–Kier alpha value is -1.35. The van der Waals surface area contributed by atoms with Gasteiger partial charge in [-0.15, -0.1) is 0 Å². The zero-order chi connectivity index (χ0) is 15.4. The van der Waals surface area contributed by atoms with Gasteiger partial charge in [-0.2, -0.15) is 0 Å². The Morgan fingerprint density at radius 2 is 1.86 bits per heavy atom. The molecular formula is C18H28N2O. The van der Waals surface area contributed by atoms with Crippen LogP contribution in [0.4, 0.5) is 5.69 Å². The van der Waals surface area contributed by atoms with Crippen molar-refractivity contribution in [1.82, 2.24) is 0 Å². The van der Waals surface area contributed by atoms with Crippen molar-refractivity contribution in [2.45, 2.75) is 58.4 Å². The molecule has 1 aromatic carbocycles. The van der Waals surface area contributed by atoms with Gasteiger partial charge >= 0.3 is 0 Å². The Morgan fingerprint density at radius 1 is 1.19 bits per heavy atom. The third-order valence-electron chi connectivity index (χ3n) is 4.66. The summed E-state index contributed by atoms with van der Waals surface area (Å²) in [5.74, 6) is 0.760. The molecule has 1 heterocycles. The molecule has 0 aliphatic carbocycles. The van der Waals surface area contributed by atoms with Crippen LogP contribution in [0.2, 0.25) is 0 Å². The van der Waals surface area contributed by atoms with Gasteiger partial charge < -0.3 is 10.6 Å². The van der Waals surface area contributed by atoms with E-state index in [0.717, 1.165) is 12.1 Å². The van der Waals surface area contributed by atoms with E-state index in [0.29, 0.717) is 12.3 Å². The summed E-state index contributed by atoms with van der Waals surface area (Å²) in [6.45, 7) is 4.45. The van der Waals surface area contributed by atoms with E-state index in [2.05, 4.69) is 32.0 Å². The molecule has 1 atom stereocenters. The van der Waals surface area contributed by atoms with Crippen LogP contribution in [0.3, 0.4) is 0 Å². The van der Waals surface area contributed by atoms with Crippen molar-refractivity contribution in [2.75, 3.05) is 11.9 Å². The highest BCUT2D eigenvalue weighted by molar-refractivity contribution is 5.95. The minimum absolute atomic E-state index is 0.109. The summed E-state index contributed by atoms with van der Waals surface area (Å²) in [6.07, 6.45) is 6.18. The van der Waals surface area contributed by atoms with Gasteiger partial charge in [0.05, 0.1) is 0 Å². The van der Waals surface area contributed by atoms with E-state index in [1.54, 1.807) is 4.90 Å². The number of nitrogens with two attached hydrogens (primary N) is 1. The molecule has 0 saturated heterocycles. The van der Waals surface area contributed by atoms with Gasteiger partial charge in [-0.25, -0.2) is 0 Å². The summed E-state index contributed by atoms with van der Waals surface area (Å²) in [5.41, 5.74) is 10.1. The van der Waals surface area contributed by atoms with Gasteiger partial charge in [0.15, 0.2) is 0 Å². The zero-order valence-corrected chi connectivity index (χ0v) is 13.6. The Kier molecular flexibility index (Phi) is 5.40. The van der Waals surface area contributed by atoms with Crippen LogP contribution >= 0.6 is 0 Å². The average Bonchev–Trinajstić information content (AvgIpc) is 2.50. The fraction of sp³-hybridized carbons (Fsp3) is 0.611. The highest BCUT2D eigenvalue weighted by atomic mass is 16.2. The van der Waals surface area contributed by atoms with Gasteiger partial charge in [0.2, 0.25) is 5.91 Å². The average molecular weight is 288 g/mol. The molecular weight excluding hydrogens is 260 g/mol. The lowest BCUT2D eigenvalue weighted by molar-refractivity contribution is -0.118. The van der Waals surface area contributed by atoms with Crippen LogP contribution in [0.1, 0.15) is 63.1 Å². The van der Waals surface area contributed by atoms with Crippen molar-refractivity contribution in [1.29, 1.82) is 0 Å². The Morgan fingerprint density at radius 3 is 2.48 bits per heavy atom. The monoisotopic (exact) mass is 288 g/mol. The van der Waals surface area contributed by atoms with E-state index in [4.69, 9.17) is 5.73 Å². The molecule has 116 valence electrons. The van der Waals surface area contributed by atoms with Gasteiger partial charge in [0.1, 0.15) is 0 Å². The first kappa shape index (κ1) is 16.0. The molecule has 0 aromatic heterocycles. The zero-order valence-electron chi connectivity index (χ0n) is 13.6. The molecule has 1 aliphatic heterocycles. The largest absolute Gasteiger partial charge is 0.324 e. The molecule has 1 aromatic rings. The van der Waals surface area contributed by atoms with E-state index >= 15 is 0 Å². The lowest BCUT2D eigenvalue weighted by Crippen LogP contribution is -2.31. The Balaban J connectivity index is 2.23. The topological polar surface area (TPSA) is 46.3 Å². The molecule has 0 radical (unpaired) electrons. The number of anilines is 1. The molecule has 0 saturated carbocycles. The number of rotatable bonds is 6. The number of fused-ring (bicyclic) bond motifs is 1. The first-order valence-corrected chi connectivity index (χ1v) is 8.23. The standard InChI is InChI=1S/C18H28N2O/c1-4-6-13(7-5-2)18(19)15-8-10-16-14(12-15)9-11-17(21)20(16)3/h8,10,12-13,18H,4-7,9,11,19H2,1-3H3. The number of carbonyl (C=O) groups excluding carboxylic acids is 1. The summed E-state index contributed by atoms with van der Waals surface area (Å²) in [7, 11) is 1.86. The van der Waals surface area contributed by atoms with Gasteiger partial charge in [-0.3, -0.25) is 4.79 Å². The van der Waals surface area contributed by atoms with E-state index < -0.39 is 0 Å². The maximum absolute atomic E-state index is 11.8. The second-order valence-corrected chi connectivity index (χ2v) is 6.20. The number of carbonyl (C=O) groups is 1. The predicted molar refractivity (Wildman–Crippen MR) is 88.4 cm³/mol. The number of hydrogen-bond acceptors (Lipinski definition) is 2. The van der Waals surface area contributed by atoms with E-state index in [9.17, 15) is 4.79 Å². The van der Waals surface area contributed by atoms with Crippen LogP contribution < -0.4 is 10.6 Å². The van der Waals surface area contributed by atoms with Crippen LogP contribution in [0.15, 0.2) is 18.2 Å². The number of aryl methyl sites for hydroxylation is 1. The molecule has 2 rings (SSSR count). The van der Waals surface area contributed by atoms with E-state index in [1.165, 1.54) is 36.8 Å². The lowest BCUT2D eigenvalue weighted by Gasteiger charge is -2.28. The van der Waals surface area contributed by atoms with Crippen LogP contribution in [-0.2, 0) is 11.2 Å². The fourth-order valence-electron chi connectivity index (χ4n) is 3.40. The third-order valence-corrected chi connectivity index (χ3v) is 4.66. The van der Waals surface area contributed by atoms with Crippen LogP contribution in [0, 0.1) is 5.92 Å². The quantitative estimate of drug-likeness (QED) is 0.865. The molecule has 2 N–H and O–H groups in total. The first-order chi connectivity index (χ1) is 10.1. The Bertz CT molecular complexity index is 492. The van der Waals surface area contributed by atoms with Crippen molar-refractivity contribution in [3.8, 4) is 0 Å². The van der Waals surface area contributed by atoms with Crippen molar-refractivity contribution in [3.63, 3.8) is 0 Å². The normalized spacial score (nSPS) is 16.2. The predicted octanol–water partition coefficient (Wildman–Crippen LogP) is 3.81. The van der Waals surface area contributed by atoms with Gasteiger partial charge in [0.25, 0.3) is 0 Å². The molecule has 0 bridgehead atoms. The summed E-state index contributed by atoms with van der Waals surface area (Å²) >= 11 is 0. The summed E-state index contributed by atoms with van der Waals surface area (Å²) in [6, 6.07) is 6.51. The molecule has 0 spiro atoms. The van der Waals surface area contributed by atoms with Crippen LogP contribution in [0.25, 0.3) is 0 Å². The van der Waals surface area contributed by atoms with Gasteiger partial charge in [-0.05, 0) is 42.4 Å². The number of hydrogen-bond donors (Lipinski definition) is 1. The van der Waals surface area contributed by atoms with Crippen molar-refractivity contribution >= 4 is 11.6 Å². The van der Waals surface area contributed by atoms with E-state index in [1.807, 2.05) is 7.05 Å². The number of nitrogens with zero attached hydrogens (tertiary/aromatic N) is 1. The summed E-state index contributed by atoms with van der Waals surface area (Å²) in [4.78, 5) is 13.5. The SMILES string of the molecule is CCCC(CCC)C(N)c1ccc2c(c1)CCC(=O)N2C. The van der Waals surface area contributed by atoms with Crippen molar-refractivity contribution < 1.29 is 4.79 Å². The first-order valence-electron chi connectivity index (χ1n) is 8.23. The van der Waals surface area contributed by atoms with Gasteiger partial charge in [0, 0.05) is 25.2 Å². The molecule has 1 aliphatic rings. The maximum Gasteiger partial charge on any atom is 0.227 e. The number of amides is 1. The molecule has 1 unspecified atom stereocenters. The van der Waals surface area contributed by atoms with Gasteiger partial charge in [-0.1, -0.05) is 38.8 Å². The maximum atomic E-state index is 11.8. The molecule has 21 heavy (non-hydrogen) atoms. The van der Waals surface area contributed by atoms with E-state index in [-0.39, 0.29) is 11.9 Å². The fourth-order valence-corrected chi connectivity index (χ4v) is 3.40. The molecule has 1 amide bonds. The Labute approximate surface area is 128 Å². The van der Waals surface area contributed by atoms with Crippen LogP contribution in [0.5, 0.6) is 0 Å². The second-order valence-electron chi connectivity index (χ2n) is 6.20. The lowest BCUT2D eigenvalue weighted by atomic mass is 9.85. The summed E-state index contributed by atoms with van der Waals surface area (Å²) < 4.78 is 0. The third kappa shape index (κ3) is 3.46. The highest BCUT2D eigenvalue weighted by Crippen LogP contribution is 2.33. The number of benzene rings is 1. The van der Waals surface area contributed by atoms with Crippen LogP contribution in [-0.4, -0.2) is 13.0 Å². The minimum Gasteiger partial charge on any atom is -0.324 e. The molecule has 3 nitrogen and oxygen atoms in total. The second kappa shape index (κ2) is 7.08. The summed E-state index contributed by atoms with van der Waals surface area (Å²) in [5, 5.41) is 0. The highest BCUT2D eigenvalue weighted by Gasteiger charge is 2.23. The van der Waals surface area contributed by atoms with Crippen molar-refractivity contribution in [3.05, 3.63) is 29.3 Å². The van der Waals surface area contributed by atoms with Crippen molar-refractivity contribution in [2.24, 2.45) is 11.7 Å². The smallest absolute Gasteiger partial charge is 0.227 e.